The fourth-order valence-electron chi connectivity index (χ4n) is 2.77. The predicted molar refractivity (Wildman–Crippen MR) is 109 cm³/mol. The number of hydrogen-bond donors (Lipinski definition) is 1. The van der Waals surface area contributed by atoms with Crippen molar-refractivity contribution >= 4 is 23.2 Å². The monoisotopic (exact) mass is 389 g/mol. The molecule has 0 aliphatic carbocycles. The Morgan fingerprint density at radius 1 is 0.893 bits per heavy atom. The highest BCUT2D eigenvalue weighted by Crippen LogP contribution is 2.25. The number of anilines is 1. The second kappa shape index (κ2) is 7.66. The fourth-order valence-corrected chi connectivity index (χ4v) is 2.96. The summed E-state index contributed by atoms with van der Waals surface area (Å²) in [6.45, 7) is 2.01. The molecular weight excluding hydrogens is 374 g/mol. The number of benzene rings is 3. The van der Waals surface area contributed by atoms with E-state index in [2.05, 4.69) is 15.5 Å². The summed E-state index contributed by atoms with van der Waals surface area (Å²) < 4.78 is 5.78. The van der Waals surface area contributed by atoms with Crippen molar-refractivity contribution in [3.8, 4) is 22.9 Å². The summed E-state index contributed by atoms with van der Waals surface area (Å²) in [4.78, 5) is 12.4. The number of aryl methyl sites for hydroxylation is 1. The Morgan fingerprint density at radius 3 is 2.32 bits per heavy atom. The number of carbonyl (C=O) groups is 1. The first kappa shape index (κ1) is 17.9. The molecule has 1 heterocycles. The van der Waals surface area contributed by atoms with Crippen molar-refractivity contribution in [1.82, 2.24) is 10.2 Å². The maximum atomic E-state index is 12.4. The minimum atomic E-state index is -0.222. The van der Waals surface area contributed by atoms with Crippen LogP contribution in [0.5, 0.6) is 0 Å². The fraction of sp³-hybridized carbons (Fsp3) is 0.0455. The zero-order valence-electron chi connectivity index (χ0n) is 15.0. The lowest BCUT2D eigenvalue weighted by Gasteiger charge is -2.06. The summed E-state index contributed by atoms with van der Waals surface area (Å²) in [7, 11) is 0. The average Bonchev–Trinajstić information content (AvgIpc) is 3.18. The second-order valence-corrected chi connectivity index (χ2v) is 6.76. The van der Waals surface area contributed by atoms with Crippen LogP contribution in [0, 0.1) is 6.92 Å². The summed E-state index contributed by atoms with van der Waals surface area (Å²) in [6.07, 6.45) is 0. The normalized spacial score (nSPS) is 10.6. The average molecular weight is 390 g/mol. The van der Waals surface area contributed by atoms with Gasteiger partial charge in [-0.3, -0.25) is 4.79 Å². The van der Waals surface area contributed by atoms with Crippen LogP contribution in [0.3, 0.4) is 0 Å². The van der Waals surface area contributed by atoms with Gasteiger partial charge in [0.2, 0.25) is 11.8 Å². The van der Waals surface area contributed by atoms with Gasteiger partial charge in [0, 0.05) is 27.4 Å². The van der Waals surface area contributed by atoms with Gasteiger partial charge >= 0.3 is 0 Å². The molecule has 1 amide bonds. The number of carbonyl (C=O) groups excluding carboxylic acids is 1. The Kier molecular flexibility index (Phi) is 4.91. The molecule has 0 radical (unpaired) electrons. The van der Waals surface area contributed by atoms with E-state index in [0.29, 0.717) is 28.1 Å². The molecule has 4 aromatic rings. The smallest absolute Gasteiger partial charge is 0.255 e. The molecule has 0 fully saturated rings. The first-order valence-corrected chi connectivity index (χ1v) is 9.04. The van der Waals surface area contributed by atoms with E-state index in [9.17, 15) is 4.79 Å². The lowest BCUT2D eigenvalue weighted by atomic mass is 10.1. The highest BCUT2D eigenvalue weighted by atomic mass is 35.5. The first-order chi connectivity index (χ1) is 13.6. The van der Waals surface area contributed by atoms with Gasteiger partial charge < -0.3 is 9.73 Å². The molecule has 1 N–H and O–H groups in total. The van der Waals surface area contributed by atoms with Gasteiger partial charge in [-0.15, -0.1) is 10.2 Å². The summed E-state index contributed by atoms with van der Waals surface area (Å²) in [5.74, 6) is 0.638. The number of halogens is 1. The van der Waals surface area contributed by atoms with Crippen LogP contribution in [0.2, 0.25) is 5.02 Å². The van der Waals surface area contributed by atoms with E-state index >= 15 is 0 Å². The quantitative estimate of drug-likeness (QED) is 0.492. The summed E-state index contributed by atoms with van der Waals surface area (Å²) in [6, 6.07) is 21.9. The second-order valence-electron chi connectivity index (χ2n) is 6.32. The third-order valence-electron chi connectivity index (χ3n) is 4.17. The predicted octanol–water partition coefficient (Wildman–Crippen LogP) is 5.62. The van der Waals surface area contributed by atoms with Crippen molar-refractivity contribution in [1.29, 1.82) is 0 Å². The van der Waals surface area contributed by atoms with Crippen molar-refractivity contribution in [2.24, 2.45) is 0 Å². The highest BCUT2D eigenvalue weighted by Gasteiger charge is 2.12. The molecule has 0 saturated carbocycles. The molecule has 0 atom stereocenters. The lowest BCUT2D eigenvalue weighted by Crippen LogP contribution is -2.11. The molecule has 138 valence electrons. The number of rotatable bonds is 4. The first-order valence-electron chi connectivity index (χ1n) is 8.66. The molecule has 6 heteroatoms. The topological polar surface area (TPSA) is 68.0 Å². The number of nitrogens with one attached hydrogen (secondary N) is 1. The minimum Gasteiger partial charge on any atom is -0.416 e. The summed E-state index contributed by atoms with van der Waals surface area (Å²) in [5, 5.41) is 11.6. The highest BCUT2D eigenvalue weighted by molar-refractivity contribution is 6.31. The van der Waals surface area contributed by atoms with Gasteiger partial charge in [0.05, 0.1) is 0 Å². The standard InChI is InChI=1S/C22H16ClN3O2/c1-14-4-2-5-17(12-14)22-26-25-21(28-22)16-10-8-15(9-11-16)20(27)24-19-7-3-6-18(23)13-19/h2-13H,1H3,(H,24,27). The number of amides is 1. The zero-order chi connectivity index (χ0) is 19.5. The van der Waals surface area contributed by atoms with E-state index in [4.69, 9.17) is 16.0 Å². The number of nitrogens with zero attached hydrogens (tertiary/aromatic N) is 2. The summed E-state index contributed by atoms with van der Waals surface area (Å²) in [5.41, 5.74) is 3.89. The maximum Gasteiger partial charge on any atom is 0.255 e. The Bertz CT molecular complexity index is 1140. The summed E-state index contributed by atoms with van der Waals surface area (Å²) >= 11 is 5.94. The Labute approximate surface area is 167 Å². The molecule has 0 spiro atoms. The third-order valence-corrected chi connectivity index (χ3v) is 4.40. The van der Waals surface area contributed by atoms with Crippen molar-refractivity contribution in [2.75, 3.05) is 5.32 Å². The Balaban J connectivity index is 1.51. The maximum absolute atomic E-state index is 12.4. The van der Waals surface area contributed by atoms with Crippen molar-refractivity contribution in [2.45, 2.75) is 6.92 Å². The largest absolute Gasteiger partial charge is 0.416 e. The molecular formula is C22H16ClN3O2. The molecule has 0 bridgehead atoms. The van der Waals surface area contributed by atoms with E-state index in [-0.39, 0.29) is 5.91 Å². The van der Waals surface area contributed by atoms with Crippen molar-refractivity contribution in [3.63, 3.8) is 0 Å². The van der Waals surface area contributed by atoms with Crippen molar-refractivity contribution in [3.05, 3.63) is 88.9 Å². The van der Waals surface area contributed by atoms with Crippen LogP contribution in [-0.4, -0.2) is 16.1 Å². The van der Waals surface area contributed by atoms with Crippen LogP contribution in [0.1, 0.15) is 15.9 Å². The minimum absolute atomic E-state index is 0.222. The van der Waals surface area contributed by atoms with E-state index in [0.717, 1.165) is 16.7 Å². The molecule has 1 aromatic heterocycles. The lowest BCUT2D eigenvalue weighted by molar-refractivity contribution is 0.102. The molecule has 28 heavy (non-hydrogen) atoms. The molecule has 5 nitrogen and oxygen atoms in total. The van der Waals surface area contributed by atoms with Gasteiger partial charge in [0.15, 0.2) is 0 Å². The van der Waals surface area contributed by atoms with E-state index in [1.54, 1.807) is 48.5 Å². The Hall–Kier alpha value is -3.44. The van der Waals surface area contributed by atoms with Gasteiger partial charge in [0.1, 0.15) is 0 Å². The van der Waals surface area contributed by atoms with Crippen LogP contribution in [0.25, 0.3) is 22.9 Å². The molecule has 0 unspecified atom stereocenters. The van der Waals surface area contributed by atoms with Crippen LogP contribution in [0.15, 0.2) is 77.2 Å². The molecule has 4 rings (SSSR count). The van der Waals surface area contributed by atoms with E-state index in [1.165, 1.54) is 0 Å². The van der Waals surface area contributed by atoms with Gasteiger partial charge in [-0.1, -0.05) is 35.4 Å². The van der Waals surface area contributed by atoms with Gasteiger partial charge in [-0.2, -0.15) is 0 Å². The van der Waals surface area contributed by atoms with Crippen molar-refractivity contribution < 1.29 is 9.21 Å². The SMILES string of the molecule is Cc1cccc(-c2nnc(-c3ccc(C(=O)Nc4cccc(Cl)c4)cc3)o2)c1. The molecule has 0 aliphatic heterocycles. The third kappa shape index (κ3) is 3.94. The van der Waals surface area contributed by atoms with Crippen LogP contribution >= 0.6 is 11.6 Å². The van der Waals surface area contributed by atoms with Gasteiger partial charge in [0.25, 0.3) is 5.91 Å². The molecule has 0 saturated heterocycles. The van der Waals surface area contributed by atoms with Crippen LogP contribution in [-0.2, 0) is 0 Å². The molecule has 3 aromatic carbocycles. The van der Waals surface area contributed by atoms with Gasteiger partial charge in [-0.05, 0) is 61.5 Å². The van der Waals surface area contributed by atoms with Crippen LogP contribution < -0.4 is 5.32 Å². The van der Waals surface area contributed by atoms with E-state index in [1.807, 2.05) is 31.2 Å². The number of aromatic nitrogens is 2. The molecule has 0 aliphatic rings. The zero-order valence-corrected chi connectivity index (χ0v) is 15.8. The number of hydrogen-bond acceptors (Lipinski definition) is 4. The van der Waals surface area contributed by atoms with E-state index < -0.39 is 0 Å². The van der Waals surface area contributed by atoms with Crippen LogP contribution in [0.4, 0.5) is 5.69 Å². The Morgan fingerprint density at radius 2 is 1.61 bits per heavy atom. The van der Waals surface area contributed by atoms with Gasteiger partial charge in [-0.25, -0.2) is 0 Å².